The van der Waals surface area contributed by atoms with Crippen LogP contribution in [0.5, 0.6) is 0 Å². The number of nitro benzene ring substituents is 1. The van der Waals surface area contributed by atoms with Crippen molar-refractivity contribution in [2.24, 2.45) is 5.92 Å². The molecule has 0 aliphatic heterocycles. The van der Waals surface area contributed by atoms with Crippen molar-refractivity contribution in [3.8, 4) is 0 Å². The van der Waals surface area contributed by atoms with E-state index in [0.29, 0.717) is 0 Å². The van der Waals surface area contributed by atoms with E-state index in [-0.39, 0.29) is 20.6 Å². The summed E-state index contributed by atoms with van der Waals surface area (Å²) in [6, 6.07) is 0.773. The Morgan fingerprint density at radius 2 is 1.95 bits per heavy atom. The molecule has 1 aromatic carbocycles. The van der Waals surface area contributed by atoms with Gasteiger partial charge in [-0.2, -0.15) is 4.72 Å². The fourth-order valence-corrected chi connectivity index (χ4v) is 3.68. The summed E-state index contributed by atoms with van der Waals surface area (Å²) in [6.07, 6.45) is 0. The van der Waals surface area contributed by atoms with Crippen molar-refractivity contribution in [1.82, 2.24) is 4.72 Å². The number of benzene rings is 1. The Morgan fingerprint density at radius 3 is 2.36 bits per heavy atom. The summed E-state index contributed by atoms with van der Waals surface area (Å²) in [7, 11) is -4.21. The minimum absolute atomic E-state index is 0.249. The van der Waals surface area contributed by atoms with Crippen molar-refractivity contribution in [2.45, 2.75) is 31.7 Å². The lowest BCUT2D eigenvalue weighted by atomic mass is 10.1. The maximum atomic E-state index is 12.3. The fourth-order valence-electron chi connectivity index (χ4n) is 1.69. The molecule has 0 fully saturated rings. The Labute approximate surface area is 135 Å². The van der Waals surface area contributed by atoms with Crippen molar-refractivity contribution in [3.63, 3.8) is 0 Å². The van der Waals surface area contributed by atoms with E-state index in [1.807, 2.05) is 0 Å². The van der Waals surface area contributed by atoms with E-state index in [1.165, 1.54) is 13.0 Å². The van der Waals surface area contributed by atoms with E-state index in [4.69, 9.17) is 5.11 Å². The Bertz CT molecular complexity index is 717. The third-order valence-corrected chi connectivity index (χ3v) is 5.26. The second kappa shape index (κ2) is 6.71. The van der Waals surface area contributed by atoms with Crippen LogP contribution in [-0.2, 0) is 14.8 Å². The van der Waals surface area contributed by atoms with Gasteiger partial charge in [0, 0.05) is 16.1 Å². The van der Waals surface area contributed by atoms with Crippen LogP contribution in [0.4, 0.5) is 5.69 Å². The number of hydrogen-bond donors (Lipinski definition) is 2. The van der Waals surface area contributed by atoms with Gasteiger partial charge in [-0.25, -0.2) is 8.42 Å². The molecule has 0 saturated heterocycles. The summed E-state index contributed by atoms with van der Waals surface area (Å²) in [4.78, 5) is 21.0. The summed E-state index contributed by atoms with van der Waals surface area (Å²) in [5, 5.41) is 20.0. The molecule has 0 spiro atoms. The molecule has 8 nitrogen and oxygen atoms in total. The molecule has 0 heterocycles. The van der Waals surface area contributed by atoms with Gasteiger partial charge in [0.25, 0.3) is 5.69 Å². The highest BCUT2D eigenvalue weighted by molar-refractivity contribution is 9.10. The second-order valence-electron chi connectivity index (χ2n) is 4.99. The number of nitrogens with one attached hydrogen (secondary N) is 1. The zero-order valence-electron chi connectivity index (χ0n) is 12.0. The molecular weight excluding hydrogens is 380 g/mol. The first-order valence-electron chi connectivity index (χ1n) is 6.17. The number of carbonyl (C=O) groups is 1. The van der Waals surface area contributed by atoms with Crippen molar-refractivity contribution < 1.29 is 23.2 Å². The number of carboxylic acids is 1. The van der Waals surface area contributed by atoms with Crippen molar-refractivity contribution in [1.29, 1.82) is 0 Å². The molecule has 22 heavy (non-hydrogen) atoms. The molecule has 1 rings (SSSR count). The average Bonchev–Trinajstić information content (AvgIpc) is 2.37. The molecule has 10 heteroatoms. The van der Waals surface area contributed by atoms with Crippen molar-refractivity contribution in [3.05, 3.63) is 32.3 Å². The molecule has 122 valence electrons. The van der Waals surface area contributed by atoms with Gasteiger partial charge in [-0.05, 0) is 18.9 Å². The summed E-state index contributed by atoms with van der Waals surface area (Å²) >= 11 is 3.07. The van der Waals surface area contributed by atoms with Crippen LogP contribution in [-0.4, -0.2) is 30.5 Å². The number of nitro groups is 1. The zero-order chi connectivity index (χ0) is 17.2. The molecule has 0 aromatic heterocycles. The summed E-state index contributed by atoms with van der Waals surface area (Å²) in [5.74, 6) is -1.81. The molecule has 0 amide bonds. The summed E-state index contributed by atoms with van der Waals surface area (Å²) < 4.78 is 26.8. The number of rotatable bonds is 6. The lowest BCUT2D eigenvalue weighted by Gasteiger charge is -2.18. The van der Waals surface area contributed by atoms with Gasteiger partial charge >= 0.3 is 5.97 Å². The Hall–Kier alpha value is -1.52. The first kappa shape index (κ1) is 18.5. The highest BCUT2D eigenvalue weighted by Gasteiger charge is 2.29. The first-order chi connectivity index (χ1) is 9.97. The fraction of sp³-hybridized carbons (Fsp3) is 0.417. The molecule has 0 bridgehead atoms. The predicted octanol–water partition coefficient (Wildman–Crippen LogP) is 2.05. The van der Waals surface area contributed by atoms with Crippen molar-refractivity contribution in [2.75, 3.05) is 0 Å². The van der Waals surface area contributed by atoms with Crippen LogP contribution in [0.1, 0.15) is 19.4 Å². The Morgan fingerprint density at radius 1 is 1.41 bits per heavy atom. The van der Waals surface area contributed by atoms with Crippen LogP contribution in [0.2, 0.25) is 0 Å². The Kier molecular flexibility index (Phi) is 5.65. The molecule has 0 aliphatic rings. The molecule has 0 saturated carbocycles. The largest absolute Gasteiger partial charge is 0.480 e. The van der Waals surface area contributed by atoms with Crippen LogP contribution in [0.3, 0.4) is 0 Å². The van der Waals surface area contributed by atoms with E-state index >= 15 is 0 Å². The van der Waals surface area contributed by atoms with E-state index in [9.17, 15) is 23.3 Å². The SMILES string of the molecule is Cc1c(Br)cc(S(=O)(=O)N[C@H](C(=O)O)C(C)C)cc1[N+](=O)[O-]. The van der Waals surface area contributed by atoms with E-state index in [1.54, 1.807) is 13.8 Å². The molecule has 1 aromatic rings. The van der Waals surface area contributed by atoms with Gasteiger partial charge in [-0.3, -0.25) is 14.9 Å². The van der Waals surface area contributed by atoms with Crippen LogP contribution in [0.15, 0.2) is 21.5 Å². The van der Waals surface area contributed by atoms with Gasteiger partial charge < -0.3 is 5.11 Å². The van der Waals surface area contributed by atoms with Gasteiger partial charge in [0.2, 0.25) is 10.0 Å². The number of sulfonamides is 1. The molecule has 0 radical (unpaired) electrons. The minimum atomic E-state index is -4.21. The summed E-state index contributed by atoms with van der Waals surface area (Å²) in [5.41, 5.74) is -0.0891. The highest BCUT2D eigenvalue weighted by Crippen LogP contribution is 2.30. The normalized spacial score (nSPS) is 13.1. The number of aliphatic carboxylic acids is 1. The highest BCUT2D eigenvalue weighted by atomic mass is 79.9. The van der Waals surface area contributed by atoms with Gasteiger partial charge in [0.1, 0.15) is 6.04 Å². The van der Waals surface area contributed by atoms with Crippen LogP contribution in [0, 0.1) is 23.0 Å². The van der Waals surface area contributed by atoms with Crippen molar-refractivity contribution >= 4 is 37.6 Å². The molecule has 1 atom stereocenters. The first-order valence-corrected chi connectivity index (χ1v) is 8.44. The third kappa shape index (κ3) is 4.02. The second-order valence-corrected chi connectivity index (χ2v) is 7.56. The van der Waals surface area contributed by atoms with Gasteiger partial charge in [-0.1, -0.05) is 29.8 Å². The van der Waals surface area contributed by atoms with Crippen LogP contribution < -0.4 is 4.72 Å². The van der Waals surface area contributed by atoms with Gasteiger partial charge in [0.15, 0.2) is 0 Å². The number of halogens is 1. The van der Waals surface area contributed by atoms with Gasteiger partial charge in [0.05, 0.1) is 9.82 Å². The molecule has 0 unspecified atom stereocenters. The van der Waals surface area contributed by atoms with E-state index in [2.05, 4.69) is 20.7 Å². The quantitative estimate of drug-likeness (QED) is 0.561. The maximum Gasteiger partial charge on any atom is 0.322 e. The summed E-state index contributed by atoms with van der Waals surface area (Å²) in [6.45, 7) is 4.57. The smallest absolute Gasteiger partial charge is 0.322 e. The zero-order valence-corrected chi connectivity index (χ0v) is 14.4. The molecule has 2 N–H and O–H groups in total. The monoisotopic (exact) mass is 394 g/mol. The number of carboxylic acid groups (broad SMARTS) is 1. The van der Waals surface area contributed by atoms with E-state index in [0.717, 1.165) is 6.07 Å². The minimum Gasteiger partial charge on any atom is -0.480 e. The standard InChI is InChI=1S/C12H15BrN2O6S/c1-6(2)11(12(16)17)14-22(20,21)8-4-9(13)7(3)10(5-8)15(18)19/h4-6,11,14H,1-3H3,(H,16,17)/t11-/m0/s1. The lowest BCUT2D eigenvalue weighted by molar-refractivity contribution is -0.385. The van der Waals surface area contributed by atoms with Gasteiger partial charge in [-0.15, -0.1) is 0 Å². The molecular formula is C12H15BrN2O6S. The Balaban J connectivity index is 3.35. The number of hydrogen-bond acceptors (Lipinski definition) is 5. The molecule has 0 aliphatic carbocycles. The topological polar surface area (TPSA) is 127 Å². The lowest BCUT2D eigenvalue weighted by Crippen LogP contribution is -2.44. The number of nitrogens with zero attached hydrogens (tertiary/aromatic N) is 1. The van der Waals surface area contributed by atoms with E-state index < -0.39 is 32.9 Å². The van der Waals surface area contributed by atoms with Crippen LogP contribution in [0.25, 0.3) is 0 Å². The third-order valence-electron chi connectivity index (χ3n) is 3.01. The predicted molar refractivity (Wildman–Crippen MR) is 82.1 cm³/mol. The average molecular weight is 395 g/mol. The maximum absolute atomic E-state index is 12.3. The van der Waals surface area contributed by atoms with Crippen LogP contribution >= 0.6 is 15.9 Å².